The fourth-order valence-electron chi connectivity index (χ4n) is 2.51. The maximum Gasteiger partial charge on any atom is 0.279 e. The normalized spacial score (nSPS) is 11.7. The van der Waals surface area contributed by atoms with Crippen LogP contribution < -0.4 is 20.9 Å². The van der Waals surface area contributed by atoms with Gasteiger partial charge in [0.2, 0.25) is 0 Å². The molecule has 0 saturated carbocycles. The summed E-state index contributed by atoms with van der Waals surface area (Å²) in [7, 11) is 0. The van der Waals surface area contributed by atoms with Crippen LogP contribution in [0.5, 0.6) is 11.5 Å². The Balaban J connectivity index is 2.17. The van der Waals surface area contributed by atoms with Crippen LogP contribution in [0.2, 0.25) is 0 Å². The molecule has 0 aliphatic rings. The fourth-order valence-corrected chi connectivity index (χ4v) is 2.97. The molecule has 5 nitrogen and oxygen atoms in total. The zero-order chi connectivity index (χ0) is 18.0. The molecule has 0 unspecified atom stereocenters. The first-order valence-electron chi connectivity index (χ1n) is 7.73. The predicted octanol–water partition coefficient (Wildman–Crippen LogP) is 2.27. The van der Waals surface area contributed by atoms with E-state index < -0.39 is 0 Å². The van der Waals surface area contributed by atoms with Gasteiger partial charge in [0.25, 0.3) is 5.56 Å². The van der Waals surface area contributed by atoms with E-state index in [0.29, 0.717) is 33.0 Å². The van der Waals surface area contributed by atoms with Crippen LogP contribution >= 0.6 is 15.9 Å². The van der Waals surface area contributed by atoms with Gasteiger partial charge >= 0.3 is 0 Å². The quantitative estimate of drug-likeness (QED) is 0.705. The number of phenols is 1. The van der Waals surface area contributed by atoms with Gasteiger partial charge in [0.15, 0.2) is 11.5 Å². The number of aromatic amines is 1. The molecule has 2 N–H and O–H groups in total. The molecule has 0 fully saturated rings. The lowest BCUT2D eigenvalue weighted by molar-refractivity contribution is 0.317. The number of halogens is 1. The molecule has 0 atom stereocenters. The van der Waals surface area contributed by atoms with Gasteiger partial charge in [-0.1, -0.05) is 24.8 Å². The molecule has 2 aromatic carbocycles. The number of phenolic OH excluding ortho intramolecular Hbond substituents is 1. The number of hydrogen-bond donors (Lipinski definition) is 2. The van der Waals surface area contributed by atoms with Crippen molar-refractivity contribution >= 4 is 28.6 Å². The lowest BCUT2D eigenvalue weighted by atomic mass is 10.1. The highest BCUT2D eigenvalue weighted by atomic mass is 79.9. The molecule has 0 saturated heterocycles. The molecule has 0 aliphatic carbocycles. The van der Waals surface area contributed by atoms with Crippen molar-refractivity contribution < 1.29 is 9.84 Å². The minimum atomic E-state index is -0.196. The Kier molecular flexibility index (Phi) is 4.81. The molecule has 6 heteroatoms. The zero-order valence-corrected chi connectivity index (χ0v) is 15.2. The van der Waals surface area contributed by atoms with E-state index in [-0.39, 0.29) is 11.3 Å². The van der Waals surface area contributed by atoms with Crippen LogP contribution in [0.1, 0.15) is 12.5 Å². The summed E-state index contributed by atoms with van der Waals surface area (Å²) in [4.78, 5) is 12.7. The second-order valence-electron chi connectivity index (χ2n) is 5.41. The van der Waals surface area contributed by atoms with Crippen LogP contribution in [0.25, 0.3) is 18.3 Å². The second-order valence-corrected chi connectivity index (χ2v) is 6.26. The summed E-state index contributed by atoms with van der Waals surface area (Å²) in [5.41, 5.74) is 1.26. The molecule has 1 heterocycles. The van der Waals surface area contributed by atoms with Crippen LogP contribution in [0.3, 0.4) is 0 Å². The second kappa shape index (κ2) is 7.03. The summed E-state index contributed by atoms with van der Waals surface area (Å²) >= 11 is 3.30. The molecule has 0 bridgehead atoms. The van der Waals surface area contributed by atoms with Gasteiger partial charge in [0.05, 0.1) is 27.3 Å². The van der Waals surface area contributed by atoms with E-state index in [4.69, 9.17) is 4.74 Å². The fraction of sp³-hybridized carbons (Fsp3) is 0.105. The summed E-state index contributed by atoms with van der Waals surface area (Å²) in [5, 5.41) is 14.0. The molecule has 0 aliphatic heterocycles. The molecule has 0 amide bonds. The Bertz CT molecular complexity index is 1070. The minimum absolute atomic E-state index is 0.0320. The molecule has 0 spiro atoms. The largest absolute Gasteiger partial charge is 0.503 e. The van der Waals surface area contributed by atoms with E-state index >= 15 is 0 Å². The smallest absolute Gasteiger partial charge is 0.279 e. The average molecular weight is 401 g/mol. The van der Waals surface area contributed by atoms with Gasteiger partial charge in [-0.05, 0) is 58.8 Å². The molecule has 3 rings (SSSR count). The van der Waals surface area contributed by atoms with Crippen molar-refractivity contribution in [2.24, 2.45) is 0 Å². The molecule has 128 valence electrons. The van der Waals surface area contributed by atoms with Gasteiger partial charge in [0.1, 0.15) is 0 Å². The number of benzene rings is 2. The molecular weight excluding hydrogens is 384 g/mol. The van der Waals surface area contributed by atoms with Crippen molar-refractivity contribution in [1.29, 1.82) is 0 Å². The van der Waals surface area contributed by atoms with Crippen molar-refractivity contribution in [3.63, 3.8) is 0 Å². The standard InChI is InChI=1S/C19H17BrN2O3/c1-3-25-17-11-13(10-16(20)18(17)23)9-15-12(2)21-22(19(15)24)14-7-5-4-6-8-14/h4-11,21,23H,2-3H2,1H3. The van der Waals surface area contributed by atoms with Crippen molar-refractivity contribution in [3.8, 4) is 17.2 Å². The Labute approximate surface area is 152 Å². The van der Waals surface area contributed by atoms with E-state index in [1.54, 1.807) is 18.2 Å². The van der Waals surface area contributed by atoms with Crippen molar-refractivity contribution in [3.05, 3.63) is 73.4 Å². The Morgan fingerprint density at radius 2 is 2.04 bits per heavy atom. The average Bonchev–Trinajstić information content (AvgIpc) is 2.88. The number of para-hydroxylation sites is 1. The number of aromatic nitrogens is 2. The highest BCUT2D eigenvalue weighted by molar-refractivity contribution is 9.10. The summed E-state index contributed by atoms with van der Waals surface area (Å²) in [6.45, 7) is 6.18. The van der Waals surface area contributed by atoms with E-state index in [1.165, 1.54) is 4.68 Å². The highest BCUT2D eigenvalue weighted by Gasteiger charge is 2.09. The van der Waals surface area contributed by atoms with Gasteiger partial charge in [-0.2, -0.15) is 0 Å². The number of nitrogens with one attached hydrogen (secondary N) is 1. The third-order valence-corrected chi connectivity index (χ3v) is 4.29. The predicted molar refractivity (Wildman–Crippen MR) is 102 cm³/mol. The lowest BCUT2D eigenvalue weighted by Gasteiger charge is -2.08. The molecule has 25 heavy (non-hydrogen) atoms. The Hall–Kier alpha value is -2.73. The number of H-pyrrole nitrogens is 1. The molecular formula is C19H17BrN2O3. The summed E-state index contributed by atoms with van der Waals surface area (Å²) in [6, 6.07) is 12.7. The van der Waals surface area contributed by atoms with Gasteiger partial charge in [-0.15, -0.1) is 0 Å². The van der Waals surface area contributed by atoms with Crippen LogP contribution in [0, 0.1) is 0 Å². The summed E-state index contributed by atoms with van der Waals surface area (Å²) in [5.74, 6) is 0.386. The van der Waals surface area contributed by atoms with Crippen molar-refractivity contribution in [1.82, 2.24) is 9.78 Å². The minimum Gasteiger partial charge on any atom is -0.503 e. The molecule has 1 aromatic heterocycles. The first kappa shape index (κ1) is 17.1. The van der Waals surface area contributed by atoms with Gasteiger partial charge in [-0.25, -0.2) is 4.68 Å². The van der Waals surface area contributed by atoms with Gasteiger partial charge in [-0.3, -0.25) is 9.89 Å². The number of nitrogens with zero attached hydrogens (tertiary/aromatic N) is 1. The summed E-state index contributed by atoms with van der Waals surface area (Å²) < 4.78 is 7.37. The first-order chi connectivity index (χ1) is 12.0. The zero-order valence-electron chi connectivity index (χ0n) is 13.6. The Morgan fingerprint density at radius 1 is 1.32 bits per heavy atom. The topological polar surface area (TPSA) is 67.2 Å². The number of rotatable bonds is 4. The van der Waals surface area contributed by atoms with E-state index in [1.807, 2.05) is 37.3 Å². The Morgan fingerprint density at radius 3 is 2.72 bits per heavy atom. The number of hydrogen-bond acceptors (Lipinski definition) is 3. The van der Waals surface area contributed by atoms with Gasteiger partial charge < -0.3 is 9.84 Å². The van der Waals surface area contributed by atoms with E-state index in [9.17, 15) is 9.90 Å². The maximum absolute atomic E-state index is 12.7. The SMILES string of the molecule is C=c1[nH]n(-c2ccccc2)c(=O)c1=Cc1cc(Br)c(O)c(OCC)c1. The van der Waals surface area contributed by atoms with Crippen molar-refractivity contribution in [2.75, 3.05) is 6.61 Å². The third kappa shape index (κ3) is 3.39. The number of aromatic hydroxyl groups is 1. The van der Waals surface area contributed by atoms with Crippen LogP contribution in [-0.4, -0.2) is 21.5 Å². The molecule has 3 aromatic rings. The lowest BCUT2D eigenvalue weighted by Crippen LogP contribution is -2.33. The molecule has 0 radical (unpaired) electrons. The monoisotopic (exact) mass is 400 g/mol. The van der Waals surface area contributed by atoms with Crippen molar-refractivity contribution in [2.45, 2.75) is 6.92 Å². The number of ether oxygens (including phenoxy) is 1. The van der Waals surface area contributed by atoms with E-state index in [2.05, 4.69) is 27.6 Å². The highest BCUT2D eigenvalue weighted by Crippen LogP contribution is 2.35. The first-order valence-corrected chi connectivity index (χ1v) is 8.53. The maximum atomic E-state index is 12.7. The summed E-state index contributed by atoms with van der Waals surface area (Å²) in [6.07, 6.45) is 1.72. The van der Waals surface area contributed by atoms with E-state index in [0.717, 1.165) is 5.69 Å². The van der Waals surface area contributed by atoms with Gasteiger partial charge in [0, 0.05) is 0 Å². The van der Waals surface area contributed by atoms with Crippen LogP contribution in [-0.2, 0) is 0 Å². The third-order valence-electron chi connectivity index (χ3n) is 3.68. The van der Waals surface area contributed by atoms with Crippen LogP contribution in [0.4, 0.5) is 0 Å². The van der Waals surface area contributed by atoms with Crippen LogP contribution in [0.15, 0.2) is 51.7 Å².